The number of aromatic hydroxyl groups is 1. The molecule has 1 fully saturated rings. The number of piperidine rings is 1. The summed E-state index contributed by atoms with van der Waals surface area (Å²) in [6, 6.07) is 7.49. The zero-order valence-electron chi connectivity index (χ0n) is 14.3. The number of carbonyl (C=O) groups excluding carboxylic acids is 1. The van der Waals surface area contributed by atoms with E-state index in [9.17, 15) is 9.90 Å². The summed E-state index contributed by atoms with van der Waals surface area (Å²) >= 11 is 5.96. The number of fused-ring (bicyclic) bond motifs is 1. The lowest BCUT2D eigenvalue weighted by molar-refractivity contribution is -0.118. The third kappa shape index (κ3) is 3.64. The number of amides is 1. The minimum atomic E-state index is -0.434. The van der Waals surface area contributed by atoms with Crippen LogP contribution in [0.5, 0.6) is 5.75 Å². The quantitative estimate of drug-likeness (QED) is 0.889. The Kier molecular flexibility index (Phi) is 4.74. The summed E-state index contributed by atoms with van der Waals surface area (Å²) in [6.45, 7) is 2.47. The van der Waals surface area contributed by atoms with Crippen LogP contribution in [0.4, 0.5) is 0 Å². The first kappa shape index (κ1) is 17.2. The number of carbonyl (C=O) groups is 1. The van der Waals surface area contributed by atoms with Gasteiger partial charge in [0.2, 0.25) is 0 Å². The Morgan fingerprint density at radius 1 is 1.12 bits per heavy atom. The summed E-state index contributed by atoms with van der Waals surface area (Å²) in [5, 5.41) is 9.97. The predicted molar refractivity (Wildman–Crippen MR) is 103 cm³/mol. The molecule has 1 aromatic rings. The number of phenols is 1. The van der Waals surface area contributed by atoms with E-state index in [0.29, 0.717) is 29.1 Å². The summed E-state index contributed by atoms with van der Waals surface area (Å²) in [4.78, 5) is 23.3. The molecule has 0 radical (unpaired) electrons. The summed E-state index contributed by atoms with van der Waals surface area (Å²) in [5.74, 6) is 0.769. The van der Waals surface area contributed by atoms with Crippen molar-refractivity contribution in [2.45, 2.75) is 18.8 Å². The number of amidine groups is 1. The highest BCUT2D eigenvalue weighted by atomic mass is 35.5. The number of hydrogen-bond donors (Lipinski definition) is 1. The van der Waals surface area contributed by atoms with Crippen LogP contribution in [0.3, 0.4) is 0 Å². The Morgan fingerprint density at radius 3 is 2.58 bits per heavy atom. The molecular weight excluding hydrogens is 350 g/mol. The van der Waals surface area contributed by atoms with Crippen LogP contribution in [0, 0.1) is 5.92 Å². The number of halogens is 1. The molecule has 4 rings (SSSR count). The van der Waals surface area contributed by atoms with Gasteiger partial charge in [-0.1, -0.05) is 23.7 Å². The van der Waals surface area contributed by atoms with Crippen molar-refractivity contribution in [2.75, 3.05) is 19.6 Å². The molecular formula is C20H20ClN3O2. The largest absolute Gasteiger partial charge is 0.508 e. The third-order valence-corrected chi connectivity index (χ3v) is 5.39. The van der Waals surface area contributed by atoms with Crippen LogP contribution in [0.2, 0.25) is 0 Å². The van der Waals surface area contributed by atoms with E-state index < -0.39 is 5.92 Å². The number of allylic oxidation sites excluding steroid dienone is 3. The first-order valence-corrected chi connectivity index (χ1v) is 9.23. The van der Waals surface area contributed by atoms with E-state index in [2.05, 4.69) is 14.9 Å². The SMILES string of the molecule is O=C1N=C(CN2CCC(c3ccc(O)cc3)CC2)N=C2C=CC(Cl)=CC12. The first-order valence-electron chi connectivity index (χ1n) is 8.85. The van der Waals surface area contributed by atoms with Crippen molar-refractivity contribution in [3.63, 3.8) is 0 Å². The number of nitrogens with zero attached hydrogens (tertiary/aromatic N) is 3. The molecule has 0 aromatic heterocycles. The molecule has 0 bridgehead atoms. The van der Waals surface area contributed by atoms with Gasteiger partial charge in [-0.25, -0.2) is 4.99 Å². The van der Waals surface area contributed by atoms with Crippen LogP contribution in [-0.4, -0.2) is 47.1 Å². The fraction of sp³-hybridized carbons (Fsp3) is 0.350. The van der Waals surface area contributed by atoms with Gasteiger partial charge in [-0.2, -0.15) is 4.99 Å². The molecule has 1 saturated heterocycles. The Bertz CT molecular complexity index is 831. The Hall–Kier alpha value is -2.24. The lowest BCUT2D eigenvalue weighted by Crippen LogP contribution is -2.38. The topological polar surface area (TPSA) is 65.3 Å². The standard InChI is InChI=1S/C20H20ClN3O2/c21-15-3-6-18-17(11-15)20(26)23-19(22-18)12-24-9-7-14(8-10-24)13-1-4-16(25)5-2-13/h1-6,11,14,17,25H,7-10,12H2. The molecule has 2 aliphatic heterocycles. The van der Waals surface area contributed by atoms with Gasteiger partial charge in [0.05, 0.1) is 12.3 Å². The molecule has 1 N–H and O–H groups in total. The zero-order valence-corrected chi connectivity index (χ0v) is 15.1. The van der Waals surface area contributed by atoms with Gasteiger partial charge in [-0.15, -0.1) is 0 Å². The van der Waals surface area contributed by atoms with Gasteiger partial charge in [0.1, 0.15) is 17.5 Å². The molecule has 1 aliphatic carbocycles. The van der Waals surface area contributed by atoms with Gasteiger partial charge in [-0.05, 0) is 67.8 Å². The van der Waals surface area contributed by atoms with Gasteiger partial charge in [0, 0.05) is 5.03 Å². The van der Waals surface area contributed by atoms with E-state index in [1.165, 1.54) is 5.56 Å². The predicted octanol–water partition coefficient (Wildman–Crippen LogP) is 3.26. The van der Waals surface area contributed by atoms with Gasteiger partial charge in [-0.3, -0.25) is 9.69 Å². The van der Waals surface area contributed by atoms with Gasteiger partial charge in [0.15, 0.2) is 0 Å². The highest BCUT2D eigenvalue weighted by Crippen LogP contribution is 2.29. The number of benzene rings is 1. The Balaban J connectivity index is 1.37. The normalized spacial score (nSPS) is 24.0. The van der Waals surface area contributed by atoms with Crippen LogP contribution in [0.15, 0.2) is 57.5 Å². The first-order chi connectivity index (χ1) is 12.6. The lowest BCUT2D eigenvalue weighted by atomic mass is 9.89. The fourth-order valence-electron chi connectivity index (χ4n) is 3.69. The molecule has 1 aromatic carbocycles. The average molecular weight is 370 g/mol. The molecule has 0 spiro atoms. The summed E-state index contributed by atoms with van der Waals surface area (Å²) in [7, 11) is 0. The van der Waals surface area contributed by atoms with Crippen molar-refractivity contribution in [3.8, 4) is 5.75 Å². The molecule has 5 nitrogen and oxygen atoms in total. The number of hydrogen-bond acceptors (Lipinski definition) is 4. The van der Waals surface area contributed by atoms with Gasteiger partial charge >= 0.3 is 0 Å². The van der Waals surface area contributed by atoms with Crippen molar-refractivity contribution in [1.82, 2.24) is 4.90 Å². The third-order valence-electron chi connectivity index (χ3n) is 5.14. The van der Waals surface area contributed by atoms with E-state index in [1.807, 2.05) is 12.1 Å². The monoisotopic (exact) mass is 369 g/mol. The smallest absolute Gasteiger partial charge is 0.260 e. The highest BCUT2D eigenvalue weighted by molar-refractivity contribution is 6.33. The second-order valence-electron chi connectivity index (χ2n) is 6.91. The summed E-state index contributed by atoms with van der Waals surface area (Å²) in [5.41, 5.74) is 2.00. The minimum Gasteiger partial charge on any atom is -0.508 e. The van der Waals surface area contributed by atoms with E-state index in [-0.39, 0.29) is 5.91 Å². The molecule has 1 unspecified atom stereocenters. The summed E-state index contributed by atoms with van der Waals surface area (Å²) in [6.07, 6.45) is 7.35. The minimum absolute atomic E-state index is 0.188. The number of rotatable bonds is 3. The maximum absolute atomic E-state index is 12.2. The van der Waals surface area contributed by atoms with Crippen molar-refractivity contribution in [2.24, 2.45) is 15.9 Å². The Morgan fingerprint density at radius 2 is 1.85 bits per heavy atom. The molecule has 3 aliphatic rings. The van der Waals surface area contributed by atoms with Crippen molar-refractivity contribution in [1.29, 1.82) is 0 Å². The van der Waals surface area contributed by atoms with Crippen LogP contribution in [-0.2, 0) is 4.79 Å². The highest BCUT2D eigenvalue weighted by Gasteiger charge is 2.29. The second kappa shape index (κ2) is 7.17. The Labute approximate surface area is 157 Å². The molecule has 1 amide bonds. The molecule has 26 heavy (non-hydrogen) atoms. The molecule has 1 atom stereocenters. The van der Waals surface area contributed by atoms with Gasteiger partial charge < -0.3 is 5.11 Å². The van der Waals surface area contributed by atoms with Crippen LogP contribution in [0.1, 0.15) is 24.3 Å². The van der Waals surface area contributed by atoms with Gasteiger partial charge in [0.25, 0.3) is 5.91 Å². The van der Waals surface area contributed by atoms with Crippen LogP contribution < -0.4 is 0 Å². The lowest BCUT2D eigenvalue weighted by Gasteiger charge is -2.32. The molecule has 6 heteroatoms. The van der Waals surface area contributed by atoms with E-state index in [0.717, 1.165) is 31.6 Å². The zero-order chi connectivity index (χ0) is 18.1. The summed E-state index contributed by atoms with van der Waals surface area (Å²) < 4.78 is 0. The average Bonchev–Trinajstić information content (AvgIpc) is 2.64. The van der Waals surface area contributed by atoms with Crippen molar-refractivity contribution >= 4 is 29.1 Å². The van der Waals surface area contributed by atoms with Crippen LogP contribution in [0.25, 0.3) is 0 Å². The van der Waals surface area contributed by atoms with Crippen molar-refractivity contribution < 1.29 is 9.90 Å². The number of phenolic OH excluding ortho intramolecular Hbond substituents is 1. The molecule has 2 heterocycles. The van der Waals surface area contributed by atoms with E-state index >= 15 is 0 Å². The fourth-order valence-corrected chi connectivity index (χ4v) is 3.87. The van der Waals surface area contributed by atoms with Crippen LogP contribution >= 0.6 is 11.6 Å². The van der Waals surface area contributed by atoms with E-state index in [4.69, 9.17) is 11.6 Å². The number of likely N-dealkylation sites (tertiary alicyclic amines) is 1. The maximum atomic E-state index is 12.2. The maximum Gasteiger partial charge on any atom is 0.260 e. The van der Waals surface area contributed by atoms with E-state index in [1.54, 1.807) is 30.4 Å². The number of aliphatic imine (C=N–C) groups is 2. The second-order valence-corrected chi connectivity index (χ2v) is 7.34. The van der Waals surface area contributed by atoms with Crippen molar-refractivity contribution in [3.05, 3.63) is 53.1 Å². The molecule has 134 valence electrons. The molecule has 0 saturated carbocycles.